The average molecular weight is 428 g/mol. The molecule has 1 N–H and O–H groups in total. The number of aromatic nitrogens is 3. The van der Waals surface area contributed by atoms with Crippen molar-refractivity contribution in [2.75, 3.05) is 0 Å². The molecule has 0 saturated heterocycles. The van der Waals surface area contributed by atoms with Crippen LogP contribution in [0.2, 0.25) is 4.34 Å². The van der Waals surface area contributed by atoms with Crippen LogP contribution in [-0.4, -0.2) is 25.6 Å². The van der Waals surface area contributed by atoms with Crippen LogP contribution in [-0.2, 0) is 24.1 Å². The Balaban J connectivity index is 1.72. The number of aryl methyl sites for hydroxylation is 1. The Morgan fingerprint density at radius 2 is 2.10 bits per heavy atom. The van der Waals surface area contributed by atoms with Crippen molar-refractivity contribution in [3.8, 4) is 16.5 Å². The van der Waals surface area contributed by atoms with Crippen molar-refractivity contribution in [2.45, 2.75) is 25.7 Å². The standard InChI is InChI=1S/C20H14ClN3O4S/c21-16-7-6-15(29-16)18-22-12-3-1-2-11(12)19(23-18)24-13-5-4-10(9-17(25)26)8-14(13)28-20(24)27/h4-8H,1-3,9H2,(H,25,26). The third-order valence-electron chi connectivity index (χ3n) is 4.92. The number of nitrogens with zero attached hydrogens (tertiary/aromatic N) is 3. The summed E-state index contributed by atoms with van der Waals surface area (Å²) < 4.78 is 7.51. The number of carboxylic acids is 1. The topological polar surface area (TPSA) is 98.2 Å². The summed E-state index contributed by atoms with van der Waals surface area (Å²) in [5.74, 6) is -0.461. The first-order valence-corrected chi connectivity index (χ1v) is 10.2. The Morgan fingerprint density at radius 1 is 1.24 bits per heavy atom. The minimum Gasteiger partial charge on any atom is -0.481 e. The van der Waals surface area contributed by atoms with Crippen molar-refractivity contribution in [1.29, 1.82) is 0 Å². The first-order chi connectivity index (χ1) is 14.0. The zero-order chi connectivity index (χ0) is 20.1. The van der Waals surface area contributed by atoms with Gasteiger partial charge in [-0.2, -0.15) is 0 Å². The van der Waals surface area contributed by atoms with Gasteiger partial charge in [0.2, 0.25) is 0 Å². The van der Waals surface area contributed by atoms with Gasteiger partial charge in [0.05, 0.1) is 21.2 Å². The van der Waals surface area contributed by atoms with E-state index in [9.17, 15) is 9.59 Å². The van der Waals surface area contributed by atoms with Gasteiger partial charge in [-0.05, 0) is 49.1 Å². The van der Waals surface area contributed by atoms with Crippen LogP contribution in [0.1, 0.15) is 23.2 Å². The van der Waals surface area contributed by atoms with Gasteiger partial charge in [0.25, 0.3) is 0 Å². The Morgan fingerprint density at radius 3 is 2.86 bits per heavy atom. The molecule has 7 nitrogen and oxygen atoms in total. The molecule has 1 aromatic carbocycles. The van der Waals surface area contributed by atoms with E-state index in [1.54, 1.807) is 24.3 Å². The van der Waals surface area contributed by atoms with E-state index in [2.05, 4.69) is 0 Å². The molecule has 5 rings (SSSR count). The molecule has 4 aromatic rings. The molecule has 146 valence electrons. The lowest BCUT2D eigenvalue weighted by molar-refractivity contribution is -0.136. The van der Waals surface area contributed by atoms with Gasteiger partial charge in [-0.15, -0.1) is 11.3 Å². The summed E-state index contributed by atoms with van der Waals surface area (Å²) in [5, 5.41) is 9.00. The van der Waals surface area contributed by atoms with Crippen molar-refractivity contribution in [2.24, 2.45) is 0 Å². The number of rotatable bonds is 4. The van der Waals surface area contributed by atoms with E-state index in [4.69, 9.17) is 31.1 Å². The lowest BCUT2D eigenvalue weighted by Crippen LogP contribution is -2.16. The molecule has 1 aliphatic rings. The first-order valence-electron chi connectivity index (χ1n) is 9.02. The lowest BCUT2D eigenvalue weighted by Gasteiger charge is -2.10. The smallest absolute Gasteiger partial charge is 0.425 e. The van der Waals surface area contributed by atoms with E-state index in [0.29, 0.717) is 32.6 Å². The summed E-state index contributed by atoms with van der Waals surface area (Å²) in [7, 11) is 0. The number of halogens is 1. The fourth-order valence-electron chi connectivity index (χ4n) is 3.69. The molecule has 0 amide bonds. The Labute approximate surface area is 173 Å². The Bertz CT molecular complexity index is 1340. The summed E-state index contributed by atoms with van der Waals surface area (Å²) in [5.41, 5.74) is 3.31. The Hall–Kier alpha value is -2.97. The van der Waals surface area contributed by atoms with Crippen LogP contribution in [0, 0.1) is 0 Å². The average Bonchev–Trinajstić information content (AvgIpc) is 3.37. The van der Waals surface area contributed by atoms with Crippen LogP contribution < -0.4 is 5.76 Å². The van der Waals surface area contributed by atoms with E-state index in [0.717, 1.165) is 35.4 Å². The maximum absolute atomic E-state index is 12.7. The highest BCUT2D eigenvalue weighted by molar-refractivity contribution is 7.19. The van der Waals surface area contributed by atoms with Gasteiger partial charge in [-0.25, -0.2) is 19.3 Å². The van der Waals surface area contributed by atoms with Gasteiger partial charge in [0, 0.05) is 11.3 Å². The van der Waals surface area contributed by atoms with Crippen molar-refractivity contribution in [1.82, 2.24) is 14.5 Å². The molecule has 3 heterocycles. The van der Waals surface area contributed by atoms with Gasteiger partial charge in [-0.3, -0.25) is 4.79 Å². The van der Waals surface area contributed by atoms with Gasteiger partial charge >= 0.3 is 11.7 Å². The molecular weight excluding hydrogens is 414 g/mol. The molecule has 0 atom stereocenters. The van der Waals surface area contributed by atoms with Gasteiger partial charge in [0.15, 0.2) is 11.4 Å². The number of hydrogen-bond acceptors (Lipinski definition) is 6. The predicted octanol–water partition coefficient (Wildman–Crippen LogP) is 3.87. The number of aliphatic carboxylic acids is 1. The van der Waals surface area contributed by atoms with Gasteiger partial charge in [-0.1, -0.05) is 17.7 Å². The van der Waals surface area contributed by atoms with Crippen LogP contribution in [0.4, 0.5) is 0 Å². The minimum atomic E-state index is -0.945. The summed E-state index contributed by atoms with van der Waals surface area (Å²) in [4.78, 5) is 33.9. The monoisotopic (exact) mass is 427 g/mol. The summed E-state index contributed by atoms with van der Waals surface area (Å²) in [6.07, 6.45) is 2.41. The molecule has 0 radical (unpaired) electrons. The molecule has 3 aromatic heterocycles. The summed E-state index contributed by atoms with van der Waals surface area (Å²) in [6, 6.07) is 8.62. The van der Waals surface area contributed by atoms with Crippen LogP contribution in [0.15, 0.2) is 39.5 Å². The molecular formula is C20H14ClN3O4S. The number of carboxylic acid groups (broad SMARTS) is 1. The number of hydrogen-bond donors (Lipinski definition) is 1. The quantitative estimate of drug-likeness (QED) is 0.530. The van der Waals surface area contributed by atoms with Crippen molar-refractivity contribution in [3.05, 3.63) is 62.0 Å². The molecule has 0 bridgehead atoms. The molecule has 0 spiro atoms. The van der Waals surface area contributed by atoms with E-state index < -0.39 is 11.7 Å². The lowest BCUT2D eigenvalue weighted by atomic mass is 10.1. The molecule has 9 heteroatoms. The maximum Gasteiger partial charge on any atom is 0.425 e. The second-order valence-corrected chi connectivity index (χ2v) is 8.54. The minimum absolute atomic E-state index is 0.142. The highest BCUT2D eigenvalue weighted by Gasteiger charge is 2.24. The second kappa shape index (κ2) is 6.82. The van der Waals surface area contributed by atoms with E-state index >= 15 is 0 Å². The number of thiophene rings is 1. The van der Waals surface area contributed by atoms with Crippen LogP contribution in [0.3, 0.4) is 0 Å². The van der Waals surface area contributed by atoms with Gasteiger partial charge in [0.1, 0.15) is 5.82 Å². The fraction of sp³-hybridized carbons (Fsp3) is 0.200. The van der Waals surface area contributed by atoms with Gasteiger partial charge < -0.3 is 9.52 Å². The van der Waals surface area contributed by atoms with Crippen molar-refractivity contribution in [3.63, 3.8) is 0 Å². The zero-order valence-electron chi connectivity index (χ0n) is 15.0. The summed E-state index contributed by atoms with van der Waals surface area (Å²) in [6.45, 7) is 0. The number of carbonyl (C=O) groups is 1. The maximum atomic E-state index is 12.7. The van der Waals surface area contributed by atoms with Crippen molar-refractivity contribution < 1.29 is 14.3 Å². The molecule has 0 aliphatic heterocycles. The highest BCUT2D eigenvalue weighted by atomic mass is 35.5. The van der Waals surface area contributed by atoms with E-state index in [1.807, 2.05) is 6.07 Å². The molecule has 0 fully saturated rings. The Kier molecular flexibility index (Phi) is 4.25. The molecule has 0 unspecified atom stereocenters. The molecule has 29 heavy (non-hydrogen) atoms. The normalized spacial score (nSPS) is 13.1. The first kappa shape index (κ1) is 18.1. The van der Waals surface area contributed by atoms with Crippen LogP contribution in [0.25, 0.3) is 27.6 Å². The molecule has 0 saturated carbocycles. The number of fused-ring (bicyclic) bond motifs is 2. The highest BCUT2D eigenvalue weighted by Crippen LogP contribution is 2.33. The van der Waals surface area contributed by atoms with Crippen molar-refractivity contribution >= 4 is 40.0 Å². The van der Waals surface area contributed by atoms with Crippen LogP contribution >= 0.6 is 22.9 Å². The third-order valence-corrected chi connectivity index (χ3v) is 6.14. The number of benzene rings is 1. The SMILES string of the molecule is O=C(O)Cc1ccc2c(c1)oc(=O)n2-c1nc(-c2ccc(Cl)s2)nc2c1CCC2. The second-order valence-electron chi connectivity index (χ2n) is 6.83. The fourth-order valence-corrected chi connectivity index (χ4v) is 4.67. The molecule has 1 aliphatic carbocycles. The summed E-state index contributed by atoms with van der Waals surface area (Å²) >= 11 is 7.45. The largest absolute Gasteiger partial charge is 0.481 e. The van der Waals surface area contributed by atoms with E-state index in [1.165, 1.54) is 15.9 Å². The zero-order valence-corrected chi connectivity index (χ0v) is 16.6. The predicted molar refractivity (Wildman–Crippen MR) is 109 cm³/mol. The number of oxazole rings is 1. The van der Waals surface area contributed by atoms with E-state index in [-0.39, 0.29) is 6.42 Å². The van der Waals surface area contributed by atoms with Crippen LogP contribution in [0.5, 0.6) is 0 Å². The third kappa shape index (κ3) is 3.14.